The molecule has 0 aromatic heterocycles. The minimum atomic E-state index is -1.25. The highest BCUT2D eigenvalue weighted by Crippen LogP contribution is 2.53. The number of likely N-dealkylation sites (tertiary alicyclic amines) is 1. The number of fused-ring (bicyclic) bond motifs is 2. The summed E-state index contributed by atoms with van der Waals surface area (Å²) in [7, 11) is 1.71. The van der Waals surface area contributed by atoms with Crippen LogP contribution in [0.3, 0.4) is 0 Å². The maximum Gasteiger partial charge on any atom is 0.253 e. The molecule has 0 saturated carbocycles. The van der Waals surface area contributed by atoms with Crippen LogP contribution in [0.15, 0.2) is 48.6 Å². The third-order valence-electron chi connectivity index (χ3n) is 7.31. The lowest BCUT2D eigenvalue weighted by molar-refractivity contribution is -0.143. The van der Waals surface area contributed by atoms with E-state index in [1.807, 2.05) is 30.4 Å². The highest BCUT2D eigenvalue weighted by atomic mass is 35.5. The molecule has 180 valence electrons. The summed E-state index contributed by atoms with van der Waals surface area (Å²) >= 11 is 6.43. The maximum absolute atomic E-state index is 14.1. The van der Waals surface area contributed by atoms with Crippen molar-refractivity contribution < 1.29 is 24.2 Å². The molecule has 1 N–H and O–H groups in total. The number of para-hydroxylation sites is 1. The first kappa shape index (κ1) is 23.1. The number of carbonyl (C=O) groups excluding carboxylic acids is 3. The molecule has 5 rings (SSSR count). The highest BCUT2D eigenvalue weighted by Gasteiger charge is 2.71. The number of hydrogen-bond acceptors (Lipinski definition) is 5. The molecule has 1 unspecified atom stereocenters. The zero-order chi connectivity index (χ0) is 24.0. The lowest BCUT2D eigenvalue weighted by atomic mass is 9.77. The van der Waals surface area contributed by atoms with Crippen molar-refractivity contribution in [2.45, 2.75) is 30.6 Å². The van der Waals surface area contributed by atoms with Gasteiger partial charge in [-0.05, 0) is 25.0 Å². The monoisotopic (exact) mass is 485 g/mol. The van der Waals surface area contributed by atoms with Gasteiger partial charge in [0.05, 0.1) is 28.6 Å². The number of anilines is 1. The van der Waals surface area contributed by atoms with Gasteiger partial charge in [-0.2, -0.15) is 0 Å². The number of aliphatic hydroxyl groups is 1. The maximum atomic E-state index is 14.1. The van der Waals surface area contributed by atoms with Gasteiger partial charge in [-0.3, -0.25) is 14.4 Å². The molecule has 5 atom stereocenters. The Balaban J connectivity index is 1.61. The number of likely N-dealkylation sites (N-methyl/N-ethyl adjacent to an activating group) is 1. The average molecular weight is 486 g/mol. The van der Waals surface area contributed by atoms with Gasteiger partial charge in [-0.15, -0.1) is 0 Å². The first-order valence-corrected chi connectivity index (χ1v) is 12.0. The Bertz CT molecular complexity index is 1070. The van der Waals surface area contributed by atoms with E-state index in [-0.39, 0.29) is 30.9 Å². The third-order valence-corrected chi connectivity index (χ3v) is 7.63. The summed E-state index contributed by atoms with van der Waals surface area (Å²) in [5, 5.41) is 9.71. The molecule has 3 amide bonds. The van der Waals surface area contributed by atoms with Gasteiger partial charge in [0.2, 0.25) is 11.8 Å². The predicted octanol–water partition coefficient (Wildman–Crippen LogP) is 1.62. The molecule has 4 aliphatic rings. The van der Waals surface area contributed by atoms with Crippen LogP contribution in [0.5, 0.6) is 0 Å². The lowest BCUT2D eigenvalue weighted by Gasteiger charge is -2.35. The van der Waals surface area contributed by atoms with E-state index in [2.05, 4.69) is 0 Å². The number of rotatable bonds is 5. The van der Waals surface area contributed by atoms with E-state index in [4.69, 9.17) is 16.3 Å². The van der Waals surface area contributed by atoms with Crippen LogP contribution in [0.2, 0.25) is 5.02 Å². The van der Waals surface area contributed by atoms with Crippen molar-refractivity contribution >= 4 is 35.0 Å². The van der Waals surface area contributed by atoms with Gasteiger partial charge < -0.3 is 24.5 Å². The number of hydrogen-bond donors (Lipinski definition) is 1. The molecule has 1 aromatic rings. The van der Waals surface area contributed by atoms with E-state index in [1.54, 1.807) is 39.9 Å². The molecule has 1 aromatic carbocycles. The van der Waals surface area contributed by atoms with Gasteiger partial charge >= 0.3 is 0 Å². The second-order valence-corrected chi connectivity index (χ2v) is 9.66. The summed E-state index contributed by atoms with van der Waals surface area (Å²) < 4.78 is 6.54. The molecule has 8 nitrogen and oxygen atoms in total. The van der Waals surface area contributed by atoms with Crippen molar-refractivity contribution in [3.8, 4) is 0 Å². The zero-order valence-corrected chi connectivity index (χ0v) is 19.7. The standard InChI is InChI=1S/C25H28ClN3O5/c1-27-12-6-10-18-19(22(27)31)20-23(32)29(13-4-5-15-30)21-24(33)28(14-7-11-25(20,21)34-18)17-9-3-2-8-16(17)26/h2-3,6-11,18-21,30H,4-5,12-15H2,1H3/t18-,19+,20+,21?,25+/m1/s1. The summed E-state index contributed by atoms with van der Waals surface area (Å²) in [6, 6.07) is 6.17. The Morgan fingerprint density at radius 3 is 2.65 bits per heavy atom. The van der Waals surface area contributed by atoms with Crippen molar-refractivity contribution in [1.29, 1.82) is 0 Å². The first-order chi connectivity index (χ1) is 16.4. The summed E-state index contributed by atoms with van der Waals surface area (Å²) in [6.07, 6.45) is 7.82. The van der Waals surface area contributed by atoms with Gasteiger partial charge in [-0.1, -0.05) is 48.0 Å². The quantitative estimate of drug-likeness (QED) is 0.505. The zero-order valence-electron chi connectivity index (χ0n) is 19.0. The molecule has 2 fully saturated rings. The van der Waals surface area contributed by atoms with Crippen LogP contribution in [-0.2, 0) is 19.1 Å². The third kappa shape index (κ3) is 3.39. The van der Waals surface area contributed by atoms with Crippen molar-refractivity contribution in [3.63, 3.8) is 0 Å². The van der Waals surface area contributed by atoms with E-state index in [1.165, 1.54) is 0 Å². The van der Waals surface area contributed by atoms with Gasteiger partial charge in [0.25, 0.3) is 5.91 Å². The molecular weight excluding hydrogens is 458 g/mol. The molecule has 2 saturated heterocycles. The number of amides is 3. The van der Waals surface area contributed by atoms with E-state index in [9.17, 15) is 19.5 Å². The second-order valence-electron chi connectivity index (χ2n) is 9.25. The number of nitrogens with zero attached hydrogens (tertiary/aromatic N) is 3. The van der Waals surface area contributed by atoms with E-state index >= 15 is 0 Å². The fourth-order valence-electron chi connectivity index (χ4n) is 5.78. The first-order valence-electron chi connectivity index (χ1n) is 11.6. The van der Waals surface area contributed by atoms with Crippen molar-refractivity contribution in [1.82, 2.24) is 9.80 Å². The fraction of sp³-hybridized carbons (Fsp3) is 0.480. The van der Waals surface area contributed by atoms with Crippen molar-refractivity contribution in [3.05, 3.63) is 53.6 Å². The summed E-state index contributed by atoms with van der Waals surface area (Å²) in [5.74, 6) is -2.22. The fourth-order valence-corrected chi connectivity index (χ4v) is 6.02. The molecule has 34 heavy (non-hydrogen) atoms. The SMILES string of the molecule is CN1CC=C[C@H]2O[C@]34C=CCN(c5ccccc5Cl)C(=O)C3N(CCCCO)C(=O)[C@@H]4[C@H]2C1=O. The minimum Gasteiger partial charge on any atom is -0.396 e. The van der Waals surface area contributed by atoms with Crippen LogP contribution >= 0.6 is 11.6 Å². The molecular formula is C25H28ClN3O5. The Kier molecular flexibility index (Phi) is 6.00. The normalized spacial score (nSPS) is 32.6. The van der Waals surface area contributed by atoms with Gasteiger partial charge in [-0.25, -0.2) is 0 Å². The second kappa shape index (κ2) is 8.83. The highest BCUT2D eigenvalue weighted by molar-refractivity contribution is 6.34. The lowest BCUT2D eigenvalue weighted by Crippen LogP contribution is -2.55. The number of carbonyl (C=O) groups is 3. The van der Waals surface area contributed by atoms with Crippen molar-refractivity contribution in [2.24, 2.45) is 11.8 Å². The Hall–Kier alpha value is -2.68. The molecule has 0 bridgehead atoms. The van der Waals surface area contributed by atoms with Crippen LogP contribution in [0.25, 0.3) is 0 Å². The van der Waals surface area contributed by atoms with Crippen LogP contribution in [0, 0.1) is 11.8 Å². The molecule has 0 aliphatic carbocycles. The molecule has 1 spiro atoms. The van der Waals surface area contributed by atoms with Crippen LogP contribution < -0.4 is 4.90 Å². The van der Waals surface area contributed by atoms with E-state index in [0.29, 0.717) is 36.6 Å². The molecule has 0 radical (unpaired) electrons. The number of ether oxygens (including phenoxy) is 1. The van der Waals surface area contributed by atoms with E-state index in [0.717, 1.165) is 0 Å². The number of aliphatic hydroxyl groups excluding tert-OH is 1. The summed E-state index contributed by atoms with van der Waals surface area (Å²) in [4.78, 5) is 46.0. The van der Waals surface area contributed by atoms with Crippen LogP contribution in [0.4, 0.5) is 5.69 Å². The average Bonchev–Trinajstić information content (AvgIpc) is 3.14. The Labute approximate surface area is 203 Å². The summed E-state index contributed by atoms with van der Waals surface area (Å²) in [6.45, 7) is 1.01. The van der Waals surface area contributed by atoms with Gasteiger partial charge in [0.15, 0.2) is 0 Å². The Morgan fingerprint density at radius 2 is 1.88 bits per heavy atom. The van der Waals surface area contributed by atoms with Gasteiger partial charge in [0.1, 0.15) is 11.6 Å². The number of unbranched alkanes of at least 4 members (excludes halogenated alkanes) is 1. The minimum absolute atomic E-state index is 0.00383. The van der Waals surface area contributed by atoms with E-state index < -0.39 is 29.6 Å². The number of halogens is 1. The molecule has 9 heteroatoms. The van der Waals surface area contributed by atoms with Crippen molar-refractivity contribution in [2.75, 3.05) is 38.2 Å². The number of benzene rings is 1. The van der Waals surface area contributed by atoms with Crippen LogP contribution in [-0.4, -0.2) is 83.7 Å². The predicted molar refractivity (Wildman–Crippen MR) is 126 cm³/mol. The Morgan fingerprint density at radius 1 is 1.09 bits per heavy atom. The largest absolute Gasteiger partial charge is 0.396 e. The molecule has 4 heterocycles. The smallest absolute Gasteiger partial charge is 0.253 e. The van der Waals surface area contributed by atoms with Gasteiger partial charge in [0, 0.05) is 33.3 Å². The topological polar surface area (TPSA) is 90.4 Å². The molecule has 4 aliphatic heterocycles. The summed E-state index contributed by atoms with van der Waals surface area (Å²) in [5.41, 5.74) is -0.693. The van der Waals surface area contributed by atoms with Crippen LogP contribution in [0.1, 0.15) is 12.8 Å².